The molecule has 1 heterocycles. The van der Waals surface area contributed by atoms with Crippen LogP contribution in [-0.4, -0.2) is 31.2 Å². The molecule has 98 valence electrons. The van der Waals surface area contributed by atoms with Gasteiger partial charge in [0.1, 0.15) is 6.04 Å². The lowest BCUT2D eigenvalue weighted by Crippen LogP contribution is -2.43. The maximum atomic E-state index is 12.5. The Morgan fingerprint density at radius 2 is 2.06 bits per heavy atom. The lowest BCUT2D eigenvalue weighted by molar-refractivity contribution is -0.121. The van der Waals surface area contributed by atoms with Crippen LogP contribution in [0.3, 0.4) is 0 Å². The first-order valence-corrected chi connectivity index (χ1v) is 7.73. The van der Waals surface area contributed by atoms with Crippen molar-refractivity contribution in [1.82, 2.24) is 4.31 Å². The monoisotopic (exact) mass is 332 g/mol. The fraction of sp³-hybridized carbons (Fsp3) is 0.364. The van der Waals surface area contributed by atoms with E-state index in [2.05, 4.69) is 15.9 Å². The first-order valence-electron chi connectivity index (χ1n) is 5.50. The number of hydrogen-bond acceptors (Lipinski definition) is 3. The van der Waals surface area contributed by atoms with Gasteiger partial charge in [-0.15, -0.1) is 0 Å². The zero-order chi connectivity index (χ0) is 13.3. The van der Waals surface area contributed by atoms with Gasteiger partial charge in [0, 0.05) is 11.0 Å². The lowest BCUT2D eigenvalue weighted by Gasteiger charge is -2.22. The van der Waals surface area contributed by atoms with E-state index in [9.17, 15) is 13.2 Å². The summed E-state index contributed by atoms with van der Waals surface area (Å²) in [7, 11) is -3.68. The second kappa shape index (κ2) is 4.99. The van der Waals surface area contributed by atoms with E-state index in [1.165, 1.54) is 10.4 Å². The van der Waals surface area contributed by atoms with Crippen LogP contribution in [0.4, 0.5) is 0 Å². The molecule has 1 aliphatic heterocycles. The van der Waals surface area contributed by atoms with Gasteiger partial charge in [-0.25, -0.2) is 8.42 Å². The molecular formula is C11H13BrN2O3S. The van der Waals surface area contributed by atoms with Crippen molar-refractivity contribution in [1.29, 1.82) is 0 Å². The van der Waals surface area contributed by atoms with E-state index < -0.39 is 22.0 Å². The first kappa shape index (κ1) is 13.5. The van der Waals surface area contributed by atoms with Crippen LogP contribution in [0, 0.1) is 0 Å². The smallest absolute Gasteiger partial charge is 0.244 e. The van der Waals surface area contributed by atoms with Gasteiger partial charge in [-0.3, -0.25) is 4.79 Å². The highest BCUT2D eigenvalue weighted by atomic mass is 79.9. The molecule has 0 aromatic heterocycles. The number of rotatable bonds is 3. The van der Waals surface area contributed by atoms with E-state index in [0.29, 0.717) is 23.9 Å². The minimum Gasteiger partial charge on any atom is -0.368 e. The standard InChI is InChI=1S/C11H13BrN2O3S/c12-8-4-1-2-6-10(8)18(16,17)14-7-3-5-9(14)11(13)15/h1-2,4,6,9H,3,5,7H2,(H2,13,15). The third-order valence-electron chi connectivity index (χ3n) is 2.96. The fourth-order valence-corrected chi connectivity index (χ4v) is 4.72. The van der Waals surface area contributed by atoms with Crippen molar-refractivity contribution in [3.05, 3.63) is 28.7 Å². The molecule has 1 aliphatic rings. The molecule has 0 bridgehead atoms. The number of nitrogens with zero attached hydrogens (tertiary/aromatic N) is 1. The Hall–Kier alpha value is -0.920. The van der Waals surface area contributed by atoms with Crippen molar-refractivity contribution in [3.63, 3.8) is 0 Å². The van der Waals surface area contributed by atoms with Crippen molar-refractivity contribution in [3.8, 4) is 0 Å². The Bertz CT molecular complexity index is 573. The molecule has 2 rings (SSSR count). The van der Waals surface area contributed by atoms with Crippen molar-refractivity contribution in [2.24, 2.45) is 5.73 Å². The fourth-order valence-electron chi connectivity index (χ4n) is 2.09. The molecule has 1 aromatic rings. The number of nitrogens with two attached hydrogens (primary N) is 1. The van der Waals surface area contributed by atoms with Crippen LogP contribution in [0.2, 0.25) is 0 Å². The molecule has 0 saturated carbocycles. The van der Waals surface area contributed by atoms with Crippen LogP contribution in [0.25, 0.3) is 0 Å². The average molecular weight is 333 g/mol. The van der Waals surface area contributed by atoms with Crippen molar-refractivity contribution < 1.29 is 13.2 Å². The van der Waals surface area contributed by atoms with Gasteiger partial charge >= 0.3 is 0 Å². The third-order valence-corrected chi connectivity index (χ3v) is 5.88. The lowest BCUT2D eigenvalue weighted by atomic mass is 10.2. The molecule has 5 nitrogen and oxygen atoms in total. The molecule has 7 heteroatoms. The Balaban J connectivity index is 2.43. The number of benzene rings is 1. The summed E-state index contributed by atoms with van der Waals surface area (Å²) in [4.78, 5) is 11.4. The van der Waals surface area contributed by atoms with Gasteiger partial charge in [-0.05, 0) is 40.9 Å². The predicted octanol–water partition coefficient (Wildman–Crippen LogP) is 1.09. The largest absolute Gasteiger partial charge is 0.368 e. The Kier molecular flexibility index (Phi) is 3.74. The van der Waals surface area contributed by atoms with E-state index in [0.717, 1.165) is 0 Å². The molecule has 0 radical (unpaired) electrons. The number of sulfonamides is 1. The van der Waals surface area contributed by atoms with Gasteiger partial charge in [-0.1, -0.05) is 12.1 Å². The molecular weight excluding hydrogens is 320 g/mol. The van der Waals surface area contributed by atoms with E-state index >= 15 is 0 Å². The number of primary amides is 1. The zero-order valence-corrected chi connectivity index (χ0v) is 11.9. The van der Waals surface area contributed by atoms with Crippen molar-refractivity contribution in [2.45, 2.75) is 23.8 Å². The number of amides is 1. The summed E-state index contributed by atoms with van der Waals surface area (Å²) in [6.07, 6.45) is 1.14. The minimum atomic E-state index is -3.68. The molecule has 0 aliphatic carbocycles. The van der Waals surface area contributed by atoms with Gasteiger partial charge in [0.25, 0.3) is 0 Å². The summed E-state index contributed by atoms with van der Waals surface area (Å²) in [5.41, 5.74) is 5.24. The van der Waals surface area contributed by atoms with Gasteiger partial charge in [0.2, 0.25) is 15.9 Å². The number of hydrogen-bond donors (Lipinski definition) is 1. The molecule has 1 amide bonds. The zero-order valence-electron chi connectivity index (χ0n) is 9.54. The van der Waals surface area contributed by atoms with E-state index in [4.69, 9.17) is 5.73 Å². The summed E-state index contributed by atoms with van der Waals surface area (Å²) in [6, 6.07) is 5.81. The molecule has 1 unspecified atom stereocenters. The van der Waals surface area contributed by atoms with Gasteiger partial charge < -0.3 is 5.73 Å². The Morgan fingerprint density at radius 1 is 1.39 bits per heavy atom. The van der Waals surface area contributed by atoms with E-state index in [1.54, 1.807) is 18.2 Å². The molecule has 1 saturated heterocycles. The number of carbonyl (C=O) groups is 1. The molecule has 1 atom stereocenters. The van der Waals surface area contributed by atoms with Crippen LogP contribution in [0.5, 0.6) is 0 Å². The number of carbonyl (C=O) groups excluding carboxylic acids is 1. The van der Waals surface area contributed by atoms with Crippen LogP contribution in [0.15, 0.2) is 33.6 Å². The maximum Gasteiger partial charge on any atom is 0.244 e. The van der Waals surface area contributed by atoms with Crippen LogP contribution < -0.4 is 5.73 Å². The quantitative estimate of drug-likeness (QED) is 0.899. The molecule has 2 N–H and O–H groups in total. The first-order chi connectivity index (χ1) is 8.44. The van der Waals surface area contributed by atoms with E-state index in [-0.39, 0.29) is 4.90 Å². The molecule has 1 aromatic carbocycles. The highest BCUT2D eigenvalue weighted by Crippen LogP contribution is 2.29. The second-order valence-corrected chi connectivity index (χ2v) is 6.82. The highest BCUT2D eigenvalue weighted by Gasteiger charge is 2.38. The Labute approximate surface area is 114 Å². The third kappa shape index (κ3) is 2.30. The maximum absolute atomic E-state index is 12.5. The summed E-state index contributed by atoms with van der Waals surface area (Å²) >= 11 is 3.21. The van der Waals surface area contributed by atoms with Gasteiger partial charge in [0.15, 0.2) is 0 Å². The van der Waals surface area contributed by atoms with Crippen LogP contribution in [0.1, 0.15) is 12.8 Å². The summed E-state index contributed by atoms with van der Waals surface area (Å²) in [5.74, 6) is -0.594. The summed E-state index contributed by atoms with van der Waals surface area (Å²) in [5, 5.41) is 0. The minimum absolute atomic E-state index is 0.165. The molecule has 18 heavy (non-hydrogen) atoms. The highest BCUT2D eigenvalue weighted by molar-refractivity contribution is 9.10. The van der Waals surface area contributed by atoms with Gasteiger partial charge in [0.05, 0.1) is 4.90 Å². The summed E-state index contributed by atoms with van der Waals surface area (Å²) < 4.78 is 26.6. The van der Waals surface area contributed by atoms with Gasteiger partial charge in [-0.2, -0.15) is 4.31 Å². The second-order valence-electron chi connectivity index (χ2n) is 4.11. The summed E-state index contributed by atoms with van der Waals surface area (Å²) in [6.45, 7) is 0.331. The Morgan fingerprint density at radius 3 is 2.67 bits per heavy atom. The molecule has 1 fully saturated rings. The average Bonchev–Trinajstić information content (AvgIpc) is 2.78. The SMILES string of the molecule is NC(=O)C1CCCN1S(=O)(=O)c1ccccc1Br. The van der Waals surface area contributed by atoms with E-state index in [1.807, 2.05) is 0 Å². The van der Waals surface area contributed by atoms with Crippen LogP contribution in [-0.2, 0) is 14.8 Å². The predicted molar refractivity (Wildman–Crippen MR) is 70.3 cm³/mol. The van der Waals surface area contributed by atoms with Crippen molar-refractivity contribution >= 4 is 31.9 Å². The topological polar surface area (TPSA) is 80.5 Å². The van der Waals surface area contributed by atoms with Crippen LogP contribution >= 0.6 is 15.9 Å². The number of halogens is 1. The van der Waals surface area contributed by atoms with Crippen molar-refractivity contribution in [2.75, 3.05) is 6.54 Å². The molecule has 0 spiro atoms. The normalized spacial score (nSPS) is 21.1.